The molecular formula is C22H18F3N7O. The van der Waals surface area contributed by atoms with E-state index in [1.165, 1.54) is 30.7 Å². The number of nitrogens with one attached hydrogen (secondary N) is 1. The molecule has 0 fully saturated rings. The van der Waals surface area contributed by atoms with E-state index in [1.54, 1.807) is 13.0 Å². The van der Waals surface area contributed by atoms with Crippen molar-refractivity contribution in [1.82, 2.24) is 35.5 Å². The minimum absolute atomic E-state index is 0.00251. The van der Waals surface area contributed by atoms with Gasteiger partial charge in [-0.25, -0.2) is 0 Å². The number of carbonyl (C=O) groups excluding carboxylic acids is 1. The van der Waals surface area contributed by atoms with Crippen LogP contribution in [0.5, 0.6) is 0 Å². The van der Waals surface area contributed by atoms with Gasteiger partial charge in [0, 0.05) is 18.0 Å². The van der Waals surface area contributed by atoms with Crippen LogP contribution in [0.15, 0.2) is 61.1 Å². The van der Waals surface area contributed by atoms with Gasteiger partial charge in [-0.15, -0.1) is 5.10 Å². The molecule has 2 heterocycles. The van der Waals surface area contributed by atoms with E-state index in [0.717, 1.165) is 11.1 Å². The van der Waals surface area contributed by atoms with Gasteiger partial charge in [0.2, 0.25) is 0 Å². The highest BCUT2D eigenvalue weighted by Gasteiger charge is 2.38. The third-order valence-corrected chi connectivity index (χ3v) is 4.91. The highest BCUT2D eigenvalue weighted by Crippen LogP contribution is 2.30. The van der Waals surface area contributed by atoms with Crippen molar-refractivity contribution in [3.05, 3.63) is 83.7 Å². The number of nitrogens with zero attached hydrogens (tertiary/aromatic N) is 6. The van der Waals surface area contributed by atoms with Crippen LogP contribution in [0, 0.1) is 6.92 Å². The summed E-state index contributed by atoms with van der Waals surface area (Å²) in [6.45, 7) is 3.65. The van der Waals surface area contributed by atoms with Gasteiger partial charge >= 0.3 is 6.18 Å². The van der Waals surface area contributed by atoms with E-state index in [0.29, 0.717) is 15.9 Å². The topological polar surface area (TPSA) is 98.5 Å². The Kier molecular flexibility index (Phi) is 5.86. The number of hydrogen-bond donors (Lipinski definition) is 1. The molecule has 11 heteroatoms. The maximum Gasteiger partial charge on any atom is 0.453 e. The van der Waals surface area contributed by atoms with E-state index in [9.17, 15) is 18.0 Å². The normalized spacial score (nSPS) is 12.4. The number of alkyl halides is 3. The van der Waals surface area contributed by atoms with Crippen molar-refractivity contribution in [3.63, 3.8) is 0 Å². The van der Waals surface area contributed by atoms with Crippen LogP contribution in [0.4, 0.5) is 13.2 Å². The minimum Gasteiger partial charge on any atom is -0.344 e. The van der Waals surface area contributed by atoms with Gasteiger partial charge in [0.25, 0.3) is 11.7 Å². The Morgan fingerprint density at radius 1 is 1.06 bits per heavy atom. The molecule has 2 aromatic carbocycles. The number of tetrazole rings is 1. The largest absolute Gasteiger partial charge is 0.453 e. The van der Waals surface area contributed by atoms with E-state index in [2.05, 4.69) is 30.8 Å². The number of benzene rings is 2. The Bertz CT molecular complexity index is 1270. The average Bonchev–Trinajstić information content (AvgIpc) is 3.31. The summed E-state index contributed by atoms with van der Waals surface area (Å²) in [6, 6.07) is 11.3. The van der Waals surface area contributed by atoms with Crippen LogP contribution >= 0.6 is 0 Å². The first kappa shape index (κ1) is 22.1. The van der Waals surface area contributed by atoms with Crippen LogP contribution in [0.1, 0.15) is 40.4 Å². The molecule has 0 aliphatic rings. The summed E-state index contributed by atoms with van der Waals surface area (Å²) in [6.07, 6.45) is -0.230. The van der Waals surface area contributed by atoms with Crippen molar-refractivity contribution in [3.8, 4) is 16.8 Å². The van der Waals surface area contributed by atoms with Crippen LogP contribution < -0.4 is 5.32 Å². The van der Waals surface area contributed by atoms with Crippen molar-refractivity contribution >= 4 is 5.91 Å². The molecule has 4 rings (SSSR count). The highest BCUT2D eigenvalue weighted by molar-refractivity contribution is 5.96. The Morgan fingerprint density at radius 3 is 2.48 bits per heavy atom. The zero-order chi connectivity index (χ0) is 23.6. The van der Waals surface area contributed by atoms with Gasteiger partial charge in [-0.1, -0.05) is 29.8 Å². The Morgan fingerprint density at radius 2 is 1.82 bits per heavy atom. The zero-order valence-electron chi connectivity index (χ0n) is 17.6. The second-order valence-electron chi connectivity index (χ2n) is 7.37. The lowest BCUT2D eigenvalue weighted by Crippen LogP contribution is -2.27. The summed E-state index contributed by atoms with van der Waals surface area (Å²) >= 11 is 0. The number of halogens is 3. The molecule has 1 N–H and O–H groups in total. The summed E-state index contributed by atoms with van der Waals surface area (Å²) in [5, 5.41) is 12.6. The molecule has 33 heavy (non-hydrogen) atoms. The van der Waals surface area contributed by atoms with Crippen LogP contribution in [0.25, 0.3) is 16.8 Å². The lowest BCUT2D eigenvalue weighted by Gasteiger charge is -2.15. The van der Waals surface area contributed by atoms with Gasteiger partial charge in [-0.05, 0) is 53.6 Å². The predicted molar refractivity (Wildman–Crippen MR) is 112 cm³/mol. The lowest BCUT2D eigenvalue weighted by molar-refractivity contribution is -0.146. The quantitative estimate of drug-likeness (QED) is 0.492. The fourth-order valence-corrected chi connectivity index (χ4v) is 3.20. The highest BCUT2D eigenvalue weighted by atomic mass is 19.4. The molecule has 1 atom stereocenters. The molecule has 168 valence electrons. The number of carbonyl (C=O) groups is 1. The molecule has 0 saturated carbocycles. The standard InChI is InChI=1S/C22H18F3N7O/c1-13-3-5-15(6-4-13)16-9-17(20(33)28-14(2)19-12-26-7-8-27-19)11-18(10-16)32-21(22(23,24)25)29-30-31-32/h3-12,14H,1-2H3,(H,28,33). The number of amides is 1. The SMILES string of the molecule is Cc1ccc(-c2cc(C(=O)NC(C)c3cnccn3)cc(-n3nnnc3C(F)(F)F)c2)cc1. The zero-order valence-corrected chi connectivity index (χ0v) is 17.6. The minimum atomic E-state index is -4.77. The predicted octanol–water partition coefficient (Wildman–Crippen LogP) is 3.94. The molecule has 8 nitrogen and oxygen atoms in total. The summed E-state index contributed by atoms with van der Waals surface area (Å²) < 4.78 is 40.8. The molecule has 0 bridgehead atoms. The fourth-order valence-electron chi connectivity index (χ4n) is 3.20. The Balaban J connectivity index is 1.77. The first-order valence-electron chi connectivity index (χ1n) is 9.87. The first-order chi connectivity index (χ1) is 15.7. The molecule has 4 aromatic rings. The molecule has 0 spiro atoms. The maximum absolute atomic E-state index is 13.4. The maximum atomic E-state index is 13.4. The first-order valence-corrected chi connectivity index (χ1v) is 9.87. The number of aromatic nitrogens is 6. The smallest absolute Gasteiger partial charge is 0.344 e. The molecule has 0 saturated heterocycles. The second kappa shape index (κ2) is 8.77. The molecule has 1 unspecified atom stereocenters. The van der Waals surface area contributed by atoms with Crippen molar-refractivity contribution in [2.75, 3.05) is 0 Å². The van der Waals surface area contributed by atoms with Gasteiger partial charge in [0.05, 0.1) is 23.6 Å². The van der Waals surface area contributed by atoms with Crippen molar-refractivity contribution in [2.24, 2.45) is 0 Å². The average molecular weight is 453 g/mol. The van der Waals surface area contributed by atoms with Gasteiger partial charge in [0.1, 0.15) is 0 Å². The van der Waals surface area contributed by atoms with Gasteiger partial charge in [-0.2, -0.15) is 17.9 Å². The van der Waals surface area contributed by atoms with E-state index in [1.807, 2.05) is 31.2 Å². The van der Waals surface area contributed by atoms with Crippen molar-refractivity contribution in [1.29, 1.82) is 0 Å². The Hall–Kier alpha value is -4.15. The van der Waals surface area contributed by atoms with Crippen LogP contribution in [0.2, 0.25) is 0 Å². The van der Waals surface area contributed by atoms with Crippen molar-refractivity contribution < 1.29 is 18.0 Å². The monoisotopic (exact) mass is 453 g/mol. The number of hydrogen-bond acceptors (Lipinski definition) is 6. The van der Waals surface area contributed by atoms with E-state index in [4.69, 9.17) is 0 Å². The lowest BCUT2D eigenvalue weighted by atomic mass is 10.0. The molecule has 1 amide bonds. The number of rotatable bonds is 5. The van der Waals surface area contributed by atoms with Crippen LogP contribution in [-0.2, 0) is 6.18 Å². The van der Waals surface area contributed by atoms with Gasteiger partial charge in [-0.3, -0.25) is 14.8 Å². The summed E-state index contributed by atoms with van der Waals surface area (Å²) in [5.74, 6) is -1.78. The van der Waals surface area contributed by atoms with Crippen LogP contribution in [-0.4, -0.2) is 36.1 Å². The third kappa shape index (κ3) is 4.86. The summed E-state index contributed by atoms with van der Waals surface area (Å²) in [7, 11) is 0. The molecule has 0 aliphatic carbocycles. The Labute approximate surface area is 186 Å². The second-order valence-corrected chi connectivity index (χ2v) is 7.37. The van der Waals surface area contributed by atoms with Crippen molar-refractivity contribution in [2.45, 2.75) is 26.1 Å². The summed E-state index contributed by atoms with van der Waals surface area (Å²) in [4.78, 5) is 21.2. The van der Waals surface area contributed by atoms with Gasteiger partial charge in [0.15, 0.2) is 0 Å². The van der Waals surface area contributed by atoms with E-state index < -0.39 is 23.9 Å². The fraction of sp³-hybridized carbons (Fsp3) is 0.182. The van der Waals surface area contributed by atoms with E-state index in [-0.39, 0.29) is 11.3 Å². The molecule has 2 aromatic heterocycles. The molecule has 0 radical (unpaired) electrons. The third-order valence-electron chi connectivity index (χ3n) is 4.91. The van der Waals surface area contributed by atoms with E-state index >= 15 is 0 Å². The number of aryl methyl sites for hydroxylation is 1. The summed E-state index contributed by atoms with van der Waals surface area (Å²) in [5.41, 5.74) is 2.96. The van der Waals surface area contributed by atoms with Crippen LogP contribution in [0.3, 0.4) is 0 Å². The van der Waals surface area contributed by atoms with Gasteiger partial charge < -0.3 is 5.32 Å². The molecular weight excluding hydrogens is 435 g/mol. The molecule has 0 aliphatic heterocycles.